The highest BCUT2D eigenvalue weighted by Gasteiger charge is 2.31. The fraction of sp³-hybridized carbons (Fsp3) is 0.824. The molecule has 2 fully saturated rings. The van der Waals surface area contributed by atoms with E-state index in [0.717, 1.165) is 24.9 Å². The lowest BCUT2D eigenvalue weighted by molar-refractivity contribution is 0.446. The van der Waals surface area contributed by atoms with Gasteiger partial charge in [0.1, 0.15) is 0 Å². The smallest absolute Gasteiger partial charge is 0.185 e. The van der Waals surface area contributed by atoms with Crippen LogP contribution < -0.4 is 10.2 Å². The van der Waals surface area contributed by atoms with E-state index >= 15 is 0 Å². The largest absolute Gasteiger partial charge is 0.348 e. The third-order valence-corrected chi connectivity index (χ3v) is 5.58. The molecular weight excluding hydrogens is 278 g/mol. The Labute approximate surface area is 133 Å². The van der Waals surface area contributed by atoms with Gasteiger partial charge in [0, 0.05) is 30.4 Å². The van der Waals surface area contributed by atoms with Crippen LogP contribution in [-0.4, -0.2) is 24.6 Å². The highest BCUT2D eigenvalue weighted by atomic mass is 32.1. The summed E-state index contributed by atoms with van der Waals surface area (Å²) in [6, 6.07) is 0. The molecule has 4 heteroatoms. The minimum absolute atomic E-state index is 0.713. The molecule has 2 heterocycles. The van der Waals surface area contributed by atoms with Crippen LogP contribution in [0.25, 0.3) is 0 Å². The van der Waals surface area contributed by atoms with Gasteiger partial charge in [0.2, 0.25) is 0 Å². The van der Waals surface area contributed by atoms with Crippen molar-refractivity contribution in [3.05, 3.63) is 10.6 Å². The van der Waals surface area contributed by atoms with E-state index in [1.54, 1.807) is 0 Å². The Hall–Kier alpha value is -0.610. The van der Waals surface area contributed by atoms with Gasteiger partial charge < -0.3 is 10.2 Å². The number of nitrogens with zero attached hydrogens (tertiary/aromatic N) is 2. The molecule has 0 spiro atoms. The molecule has 0 bridgehead atoms. The summed E-state index contributed by atoms with van der Waals surface area (Å²) in [6.45, 7) is 11.4. The van der Waals surface area contributed by atoms with Crippen LogP contribution in [0.15, 0.2) is 0 Å². The number of aromatic nitrogens is 1. The van der Waals surface area contributed by atoms with Gasteiger partial charge >= 0.3 is 0 Å². The maximum Gasteiger partial charge on any atom is 0.185 e. The van der Waals surface area contributed by atoms with Crippen LogP contribution >= 0.6 is 11.3 Å². The fourth-order valence-electron chi connectivity index (χ4n) is 3.13. The Bertz CT molecular complexity index is 465. The molecule has 1 saturated heterocycles. The SMILES string of the molecule is CC(C)CNCc1sc(N2CCCC(C)C2)nc1C1CC1. The van der Waals surface area contributed by atoms with Gasteiger partial charge in [0.15, 0.2) is 5.13 Å². The van der Waals surface area contributed by atoms with Gasteiger partial charge in [0.05, 0.1) is 5.69 Å². The van der Waals surface area contributed by atoms with E-state index < -0.39 is 0 Å². The molecule has 1 saturated carbocycles. The van der Waals surface area contributed by atoms with Gasteiger partial charge in [-0.3, -0.25) is 0 Å². The molecule has 1 aliphatic heterocycles. The Morgan fingerprint density at radius 1 is 1.33 bits per heavy atom. The average molecular weight is 308 g/mol. The van der Waals surface area contributed by atoms with Crippen molar-refractivity contribution in [1.29, 1.82) is 0 Å². The zero-order valence-electron chi connectivity index (χ0n) is 13.7. The first-order chi connectivity index (χ1) is 10.1. The Morgan fingerprint density at radius 3 is 2.81 bits per heavy atom. The number of piperidine rings is 1. The summed E-state index contributed by atoms with van der Waals surface area (Å²) < 4.78 is 0. The van der Waals surface area contributed by atoms with Crippen molar-refractivity contribution in [2.45, 2.75) is 58.9 Å². The van der Waals surface area contributed by atoms with Crippen LogP contribution in [-0.2, 0) is 6.54 Å². The van der Waals surface area contributed by atoms with Gasteiger partial charge in [-0.25, -0.2) is 4.98 Å². The molecular formula is C17H29N3S. The molecule has 2 aliphatic rings. The van der Waals surface area contributed by atoms with Gasteiger partial charge in [0.25, 0.3) is 0 Å². The van der Waals surface area contributed by atoms with Crippen molar-refractivity contribution in [3.63, 3.8) is 0 Å². The quantitative estimate of drug-likeness (QED) is 0.861. The Morgan fingerprint density at radius 2 is 2.14 bits per heavy atom. The van der Waals surface area contributed by atoms with Crippen LogP contribution in [0.2, 0.25) is 0 Å². The van der Waals surface area contributed by atoms with Crippen molar-refractivity contribution >= 4 is 16.5 Å². The average Bonchev–Trinajstić information content (AvgIpc) is 3.19. The van der Waals surface area contributed by atoms with Crippen molar-refractivity contribution in [3.8, 4) is 0 Å². The summed E-state index contributed by atoms with van der Waals surface area (Å²) in [4.78, 5) is 9.05. The van der Waals surface area contributed by atoms with Gasteiger partial charge in [-0.1, -0.05) is 20.8 Å². The molecule has 1 aromatic heterocycles. The van der Waals surface area contributed by atoms with Crippen molar-refractivity contribution < 1.29 is 0 Å². The van der Waals surface area contributed by atoms with Crippen LogP contribution in [0.5, 0.6) is 0 Å². The van der Waals surface area contributed by atoms with Crippen LogP contribution in [0.1, 0.15) is 62.9 Å². The van der Waals surface area contributed by atoms with Crippen LogP contribution in [0.4, 0.5) is 5.13 Å². The van der Waals surface area contributed by atoms with E-state index in [-0.39, 0.29) is 0 Å². The molecule has 3 nitrogen and oxygen atoms in total. The maximum atomic E-state index is 5.03. The zero-order chi connectivity index (χ0) is 14.8. The number of hydrogen-bond acceptors (Lipinski definition) is 4. The van der Waals surface area contributed by atoms with Crippen LogP contribution in [0, 0.1) is 11.8 Å². The highest BCUT2D eigenvalue weighted by molar-refractivity contribution is 7.15. The Kier molecular flexibility index (Phi) is 4.85. The van der Waals surface area contributed by atoms with Crippen molar-refractivity contribution in [1.82, 2.24) is 10.3 Å². The fourth-order valence-corrected chi connectivity index (χ4v) is 4.28. The predicted molar refractivity (Wildman–Crippen MR) is 91.2 cm³/mol. The molecule has 1 atom stereocenters. The summed E-state index contributed by atoms with van der Waals surface area (Å²) >= 11 is 1.94. The Balaban J connectivity index is 1.69. The standard InChI is InChI=1S/C17H29N3S/c1-12(2)9-18-10-15-16(14-6-7-14)19-17(21-15)20-8-4-5-13(3)11-20/h12-14,18H,4-11H2,1-3H3. The highest BCUT2D eigenvalue weighted by Crippen LogP contribution is 2.44. The molecule has 1 unspecified atom stereocenters. The number of nitrogens with one attached hydrogen (secondary N) is 1. The molecule has 21 heavy (non-hydrogen) atoms. The molecule has 118 valence electrons. The summed E-state index contributed by atoms with van der Waals surface area (Å²) in [5.74, 6) is 2.28. The molecule has 3 rings (SSSR count). The second kappa shape index (κ2) is 6.66. The first-order valence-electron chi connectivity index (χ1n) is 8.58. The van der Waals surface area contributed by atoms with E-state index in [1.165, 1.54) is 54.5 Å². The first kappa shape index (κ1) is 15.3. The lowest BCUT2D eigenvalue weighted by Crippen LogP contribution is -2.34. The predicted octanol–water partition coefficient (Wildman–Crippen LogP) is 4.00. The van der Waals surface area contributed by atoms with Gasteiger partial charge in [-0.05, 0) is 44.1 Å². The number of anilines is 1. The third kappa shape index (κ3) is 3.98. The monoisotopic (exact) mass is 307 g/mol. The molecule has 0 radical (unpaired) electrons. The van der Waals surface area contributed by atoms with Gasteiger partial charge in [-0.15, -0.1) is 11.3 Å². The van der Waals surface area contributed by atoms with E-state index in [9.17, 15) is 0 Å². The van der Waals surface area contributed by atoms with Crippen molar-refractivity contribution in [2.75, 3.05) is 24.5 Å². The van der Waals surface area contributed by atoms with E-state index in [4.69, 9.17) is 4.98 Å². The lowest BCUT2D eigenvalue weighted by atomic mass is 10.0. The summed E-state index contributed by atoms with van der Waals surface area (Å²) in [5, 5.41) is 4.88. The molecule has 1 N–H and O–H groups in total. The topological polar surface area (TPSA) is 28.2 Å². The minimum Gasteiger partial charge on any atom is -0.348 e. The summed E-state index contributed by atoms with van der Waals surface area (Å²) in [6.07, 6.45) is 5.38. The van der Waals surface area contributed by atoms with Crippen LogP contribution in [0.3, 0.4) is 0 Å². The number of hydrogen-bond donors (Lipinski definition) is 1. The zero-order valence-corrected chi connectivity index (χ0v) is 14.5. The second-order valence-corrected chi connectivity index (χ2v) is 8.36. The first-order valence-corrected chi connectivity index (χ1v) is 9.40. The third-order valence-electron chi connectivity index (χ3n) is 4.45. The molecule has 1 aliphatic carbocycles. The van der Waals surface area contributed by atoms with E-state index in [0.29, 0.717) is 5.92 Å². The van der Waals surface area contributed by atoms with Gasteiger partial charge in [-0.2, -0.15) is 0 Å². The minimum atomic E-state index is 0.713. The van der Waals surface area contributed by atoms with E-state index in [2.05, 4.69) is 31.0 Å². The molecule has 1 aromatic rings. The van der Waals surface area contributed by atoms with Crippen molar-refractivity contribution in [2.24, 2.45) is 11.8 Å². The van der Waals surface area contributed by atoms with E-state index in [1.807, 2.05) is 11.3 Å². The number of rotatable bonds is 6. The maximum absolute atomic E-state index is 5.03. The molecule has 0 aromatic carbocycles. The normalized spacial score (nSPS) is 23.0. The summed E-state index contributed by atoms with van der Waals surface area (Å²) in [5.41, 5.74) is 1.41. The lowest BCUT2D eigenvalue weighted by Gasteiger charge is -2.30. The number of thiazole rings is 1. The molecule has 0 amide bonds. The second-order valence-electron chi connectivity index (χ2n) is 7.30. The summed E-state index contributed by atoms with van der Waals surface area (Å²) in [7, 11) is 0.